The first-order chi connectivity index (χ1) is 9.87. The van der Waals surface area contributed by atoms with E-state index in [0.717, 1.165) is 25.0 Å². The van der Waals surface area contributed by atoms with Crippen molar-refractivity contribution in [3.63, 3.8) is 0 Å². The SMILES string of the molecule is O=C(NC[C@H]1CCCO1)c1cccc(O)c1OC(F)(F)F. The Balaban J connectivity index is 2.10. The van der Waals surface area contributed by atoms with Gasteiger partial charge in [-0.3, -0.25) is 4.79 Å². The van der Waals surface area contributed by atoms with Crippen LogP contribution in [0.5, 0.6) is 11.5 Å². The van der Waals surface area contributed by atoms with Gasteiger partial charge in [0.1, 0.15) is 0 Å². The van der Waals surface area contributed by atoms with E-state index in [4.69, 9.17) is 4.74 Å². The molecule has 1 aliphatic heterocycles. The van der Waals surface area contributed by atoms with E-state index in [1.54, 1.807) is 0 Å². The highest BCUT2D eigenvalue weighted by molar-refractivity contribution is 5.97. The van der Waals surface area contributed by atoms with Crippen LogP contribution in [0.25, 0.3) is 0 Å². The molecule has 1 amide bonds. The lowest BCUT2D eigenvalue weighted by atomic mass is 10.1. The van der Waals surface area contributed by atoms with Crippen molar-refractivity contribution in [2.24, 2.45) is 0 Å². The molecule has 8 heteroatoms. The van der Waals surface area contributed by atoms with Gasteiger partial charge in [-0.1, -0.05) is 6.07 Å². The van der Waals surface area contributed by atoms with Gasteiger partial charge in [0.15, 0.2) is 11.5 Å². The predicted octanol–water partition coefficient (Wildman–Crippen LogP) is 2.20. The minimum absolute atomic E-state index is 0.141. The minimum atomic E-state index is -5.00. The van der Waals surface area contributed by atoms with Gasteiger partial charge in [-0.25, -0.2) is 0 Å². The molecule has 5 nitrogen and oxygen atoms in total. The normalized spacial score (nSPS) is 18.5. The third-order valence-electron chi connectivity index (χ3n) is 2.97. The van der Waals surface area contributed by atoms with Crippen molar-refractivity contribution in [1.82, 2.24) is 5.32 Å². The Labute approximate surface area is 118 Å². The molecule has 2 N–H and O–H groups in total. The van der Waals surface area contributed by atoms with E-state index < -0.39 is 23.8 Å². The van der Waals surface area contributed by atoms with Crippen LogP contribution in [0, 0.1) is 0 Å². The maximum Gasteiger partial charge on any atom is 0.573 e. The van der Waals surface area contributed by atoms with Crippen LogP contribution in [-0.2, 0) is 4.74 Å². The molecule has 0 radical (unpaired) electrons. The number of alkyl halides is 3. The van der Waals surface area contributed by atoms with Crippen LogP contribution in [0.3, 0.4) is 0 Å². The van der Waals surface area contributed by atoms with E-state index in [-0.39, 0.29) is 18.2 Å². The van der Waals surface area contributed by atoms with Crippen LogP contribution in [0.4, 0.5) is 13.2 Å². The molecule has 1 aromatic carbocycles. The summed E-state index contributed by atoms with van der Waals surface area (Å²) in [4.78, 5) is 11.9. The number of aromatic hydroxyl groups is 1. The van der Waals surface area contributed by atoms with Crippen molar-refractivity contribution in [3.8, 4) is 11.5 Å². The average Bonchev–Trinajstić information content (AvgIpc) is 2.90. The Hall–Kier alpha value is -1.96. The highest BCUT2D eigenvalue weighted by Gasteiger charge is 2.34. The molecule has 0 bridgehead atoms. The molecule has 1 aliphatic rings. The molecule has 1 atom stereocenters. The van der Waals surface area contributed by atoms with Gasteiger partial charge in [0.2, 0.25) is 0 Å². The summed E-state index contributed by atoms with van der Waals surface area (Å²) in [5.41, 5.74) is -0.384. The fraction of sp³-hybridized carbons (Fsp3) is 0.462. The zero-order valence-corrected chi connectivity index (χ0v) is 10.9. The molecule has 0 saturated carbocycles. The molecule has 0 unspecified atom stereocenters. The maximum absolute atomic E-state index is 12.3. The number of phenolic OH excluding ortho intramolecular Hbond substituents is 1. The van der Waals surface area contributed by atoms with E-state index in [1.165, 1.54) is 6.07 Å². The highest BCUT2D eigenvalue weighted by atomic mass is 19.4. The van der Waals surface area contributed by atoms with Gasteiger partial charge in [0, 0.05) is 13.2 Å². The van der Waals surface area contributed by atoms with Crippen LogP contribution >= 0.6 is 0 Å². The monoisotopic (exact) mass is 305 g/mol. The smallest absolute Gasteiger partial charge is 0.504 e. The van der Waals surface area contributed by atoms with E-state index in [9.17, 15) is 23.1 Å². The summed E-state index contributed by atoms with van der Waals surface area (Å²) in [7, 11) is 0. The van der Waals surface area contributed by atoms with Crippen molar-refractivity contribution < 1.29 is 32.5 Å². The minimum Gasteiger partial charge on any atom is -0.504 e. The number of amides is 1. The second-order valence-electron chi connectivity index (χ2n) is 4.55. The molecule has 0 aromatic heterocycles. The molecular weight excluding hydrogens is 291 g/mol. The summed E-state index contributed by atoms with van der Waals surface area (Å²) in [6.45, 7) is 0.801. The van der Waals surface area contributed by atoms with Gasteiger partial charge in [-0.15, -0.1) is 13.2 Å². The number of benzene rings is 1. The van der Waals surface area contributed by atoms with Gasteiger partial charge in [-0.2, -0.15) is 0 Å². The van der Waals surface area contributed by atoms with E-state index in [1.807, 2.05) is 0 Å². The Bertz CT molecular complexity index is 513. The number of carbonyl (C=O) groups is 1. The molecule has 1 heterocycles. The number of hydrogen-bond donors (Lipinski definition) is 2. The van der Waals surface area contributed by atoms with Gasteiger partial charge in [0.25, 0.3) is 5.91 Å². The number of carbonyl (C=O) groups excluding carboxylic acids is 1. The topological polar surface area (TPSA) is 67.8 Å². The van der Waals surface area contributed by atoms with Crippen LogP contribution in [0.1, 0.15) is 23.2 Å². The number of hydrogen-bond acceptors (Lipinski definition) is 4. The number of para-hydroxylation sites is 1. The van der Waals surface area contributed by atoms with Crippen LogP contribution < -0.4 is 10.1 Å². The highest BCUT2D eigenvalue weighted by Crippen LogP contribution is 2.34. The average molecular weight is 305 g/mol. The number of halogens is 3. The standard InChI is InChI=1S/C13H14F3NO4/c14-13(15,16)21-11-9(4-1-5-10(11)18)12(19)17-7-8-3-2-6-20-8/h1,4-5,8,18H,2-3,6-7H2,(H,17,19)/t8-/m1/s1. The number of nitrogens with one attached hydrogen (secondary N) is 1. The summed E-state index contributed by atoms with van der Waals surface area (Å²) in [5, 5.41) is 11.9. The van der Waals surface area contributed by atoms with Crippen molar-refractivity contribution >= 4 is 5.91 Å². The maximum atomic E-state index is 12.3. The fourth-order valence-corrected chi connectivity index (χ4v) is 2.03. The third-order valence-corrected chi connectivity index (χ3v) is 2.97. The fourth-order valence-electron chi connectivity index (χ4n) is 2.03. The van der Waals surface area contributed by atoms with Gasteiger partial charge < -0.3 is 19.9 Å². The first-order valence-electron chi connectivity index (χ1n) is 6.34. The van der Waals surface area contributed by atoms with Gasteiger partial charge in [0.05, 0.1) is 11.7 Å². The van der Waals surface area contributed by atoms with Crippen molar-refractivity contribution in [2.75, 3.05) is 13.2 Å². The van der Waals surface area contributed by atoms with Gasteiger partial charge >= 0.3 is 6.36 Å². The zero-order chi connectivity index (χ0) is 15.5. The lowest BCUT2D eigenvalue weighted by Gasteiger charge is -2.15. The molecule has 21 heavy (non-hydrogen) atoms. The second kappa shape index (κ2) is 6.21. The molecule has 0 aliphatic carbocycles. The van der Waals surface area contributed by atoms with E-state index in [2.05, 4.69) is 10.1 Å². The molecule has 1 saturated heterocycles. The molecule has 1 aromatic rings. The lowest BCUT2D eigenvalue weighted by Crippen LogP contribution is -2.32. The van der Waals surface area contributed by atoms with Gasteiger partial charge in [-0.05, 0) is 25.0 Å². The summed E-state index contributed by atoms with van der Waals surface area (Å²) < 4.78 is 45.9. The van der Waals surface area contributed by atoms with E-state index in [0.29, 0.717) is 6.61 Å². The second-order valence-corrected chi connectivity index (χ2v) is 4.55. The number of rotatable bonds is 4. The Kier molecular flexibility index (Phi) is 4.56. The van der Waals surface area contributed by atoms with Crippen molar-refractivity contribution in [1.29, 1.82) is 0 Å². The predicted molar refractivity (Wildman–Crippen MR) is 66.1 cm³/mol. The Morgan fingerprint density at radius 2 is 2.24 bits per heavy atom. The first-order valence-corrected chi connectivity index (χ1v) is 6.34. The molecule has 0 spiro atoms. The van der Waals surface area contributed by atoms with Crippen molar-refractivity contribution in [2.45, 2.75) is 25.3 Å². The summed E-state index contributed by atoms with van der Waals surface area (Å²) in [5.74, 6) is -2.42. The molecule has 116 valence electrons. The Morgan fingerprint density at radius 1 is 1.48 bits per heavy atom. The summed E-state index contributed by atoms with van der Waals surface area (Å²) >= 11 is 0. The molecule has 1 fully saturated rings. The summed E-state index contributed by atoms with van der Waals surface area (Å²) in [6.07, 6.45) is -3.47. The summed E-state index contributed by atoms with van der Waals surface area (Å²) in [6, 6.07) is 3.42. The number of ether oxygens (including phenoxy) is 2. The largest absolute Gasteiger partial charge is 0.573 e. The van der Waals surface area contributed by atoms with Crippen LogP contribution in [0.15, 0.2) is 18.2 Å². The lowest BCUT2D eigenvalue weighted by molar-refractivity contribution is -0.275. The quantitative estimate of drug-likeness (QED) is 0.895. The van der Waals surface area contributed by atoms with Crippen molar-refractivity contribution in [3.05, 3.63) is 23.8 Å². The van der Waals surface area contributed by atoms with Crippen LogP contribution in [0.2, 0.25) is 0 Å². The van der Waals surface area contributed by atoms with Crippen LogP contribution in [-0.4, -0.2) is 36.6 Å². The first kappa shape index (κ1) is 15.4. The van der Waals surface area contributed by atoms with E-state index >= 15 is 0 Å². The molecule has 2 rings (SSSR count). The Morgan fingerprint density at radius 3 is 2.86 bits per heavy atom. The number of phenols is 1. The zero-order valence-electron chi connectivity index (χ0n) is 10.9. The molecular formula is C13H14F3NO4. The third kappa shape index (κ3) is 4.25.